The van der Waals surface area contributed by atoms with Gasteiger partial charge in [-0.1, -0.05) is 0 Å². The normalized spacial score (nSPS) is 14.5. The van der Waals surface area contributed by atoms with Crippen molar-refractivity contribution in [1.82, 2.24) is 24.4 Å². The minimum atomic E-state index is -0.607. The van der Waals surface area contributed by atoms with Gasteiger partial charge in [0.15, 0.2) is 0 Å². The summed E-state index contributed by atoms with van der Waals surface area (Å²) in [5.74, 6) is 0.368. The minimum absolute atomic E-state index is 0.319. The van der Waals surface area contributed by atoms with Crippen LogP contribution in [0.5, 0.6) is 0 Å². The fourth-order valence-electron chi connectivity index (χ4n) is 4.25. The molecule has 4 aromatic rings. The van der Waals surface area contributed by atoms with Crippen LogP contribution in [-0.2, 0) is 9.47 Å². The van der Waals surface area contributed by atoms with Gasteiger partial charge in [0.25, 0.3) is 0 Å². The maximum atomic E-state index is 12.1. The number of aromatic nitrogens is 5. The van der Waals surface area contributed by atoms with Gasteiger partial charge < -0.3 is 9.47 Å². The van der Waals surface area contributed by atoms with Crippen molar-refractivity contribution in [3.63, 3.8) is 0 Å². The van der Waals surface area contributed by atoms with Gasteiger partial charge in [0.05, 0.1) is 29.5 Å². The number of amides is 1. The van der Waals surface area contributed by atoms with Gasteiger partial charge in [-0.2, -0.15) is 15.5 Å². The van der Waals surface area contributed by atoms with Gasteiger partial charge in [-0.3, -0.25) is 10.00 Å². The van der Waals surface area contributed by atoms with Crippen LogP contribution in [0.15, 0.2) is 49.2 Å². The molecule has 1 aliphatic heterocycles. The van der Waals surface area contributed by atoms with E-state index in [2.05, 4.69) is 26.6 Å². The molecule has 0 atom stereocenters. The molecule has 0 aromatic carbocycles. The Bertz CT molecular complexity index is 1440. The first-order valence-electron chi connectivity index (χ1n) is 11.8. The summed E-state index contributed by atoms with van der Waals surface area (Å²) in [4.78, 5) is 16.5. The van der Waals surface area contributed by atoms with Crippen LogP contribution >= 0.6 is 0 Å². The predicted molar refractivity (Wildman–Crippen MR) is 133 cm³/mol. The predicted octanol–water partition coefficient (Wildman–Crippen LogP) is 4.83. The van der Waals surface area contributed by atoms with Crippen molar-refractivity contribution >= 4 is 17.4 Å². The van der Waals surface area contributed by atoms with Gasteiger partial charge in [-0.05, 0) is 51.8 Å². The molecule has 0 saturated carbocycles. The number of nitriles is 1. The summed E-state index contributed by atoms with van der Waals surface area (Å²) >= 11 is 0. The third-order valence-corrected chi connectivity index (χ3v) is 5.94. The Morgan fingerprint density at radius 1 is 1.11 bits per heavy atom. The summed E-state index contributed by atoms with van der Waals surface area (Å²) in [5.41, 5.74) is 4.00. The number of hydrogen-bond acceptors (Lipinski definition) is 7. The second kappa shape index (κ2) is 9.43. The summed E-state index contributed by atoms with van der Waals surface area (Å²) in [7, 11) is 0. The number of ether oxygens (including phenoxy) is 2. The van der Waals surface area contributed by atoms with E-state index >= 15 is 0 Å². The van der Waals surface area contributed by atoms with Crippen molar-refractivity contribution in [2.24, 2.45) is 0 Å². The monoisotopic (exact) mass is 485 g/mol. The summed E-state index contributed by atoms with van der Waals surface area (Å²) < 4.78 is 14.5. The van der Waals surface area contributed by atoms with Crippen molar-refractivity contribution in [2.75, 3.05) is 18.5 Å². The first kappa shape index (κ1) is 23.5. The number of pyridine rings is 2. The Kier molecular flexibility index (Phi) is 6.16. The minimum Gasteiger partial charge on any atom is -0.444 e. The molecule has 0 aliphatic carbocycles. The third kappa shape index (κ3) is 4.92. The van der Waals surface area contributed by atoms with Crippen LogP contribution in [0.1, 0.15) is 45.2 Å². The van der Waals surface area contributed by atoms with Crippen molar-refractivity contribution in [3.05, 3.63) is 54.7 Å². The lowest BCUT2D eigenvalue weighted by Gasteiger charge is -2.22. The molecule has 1 aliphatic rings. The summed E-state index contributed by atoms with van der Waals surface area (Å²) in [6.45, 7) is 6.88. The number of hydrogen-bond donors (Lipinski definition) is 1. The standard InChI is InChI=1S/C26H27N7O3/c1-26(2,3)36-25(34)31-23-5-4-17(12-28-23)22-10-18(15-33-24(22)19(11-27)13-30-33)20-14-29-32(16-20)21-6-8-35-9-7-21/h4-5,10,12-16,21H,6-9H2,1-3H3,(H,28,31,34). The molecule has 36 heavy (non-hydrogen) atoms. The van der Waals surface area contributed by atoms with Crippen LogP contribution in [0.25, 0.3) is 27.8 Å². The second-order valence-corrected chi connectivity index (χ2v) is 9.72. The number of rotatable bonds is 4. The van der Waals surface area contributed by atoms with E-state index in [1.165, 1.54) is 0 Å². The van der Waals surface area contributed by atoms with E-state index in [1.807, 2.05) is 35.4 Å². The topological polar surface area (TPSA) is 119 Å². The van der Waals surface area contributed by atoms with Crippen LogP contribution < -0.4 is 5.32 Å². The Labute approximate surface area is 208 Å². The maximum absolute atomic E-state index is 12.1. The summed E-state index contributed by atoms with van der Waals surface area (Å²) in [5, 5.41) is 21.3. The van der Waals surface area contributed by atoms with E-state index in [9.17, 15) is 10.1 Å². The highest BCUT2D eigenvalue weighted by Crippen LogP contribution is 2.33. The van der Waals surface area contributed by atoms with E-state index in [-0.39, 0.29) is 0 Å². The van der Waals surface area contributed by atoms with Crippen LogP contribution in [0, 0.1) is 11.3 Å². The van der Waals surface area contributed by atoms with Crippen LogP contribution in [0.3, 0.4) is 0 Å². The molecular formula is C26H27N7O3. The lowest BCUT2D eigenvalue weighted by Crippen LogP contribution is -2.27. The van der Waals surface area contributed by atoms with Crippen molar-refractivity contribution in [2.45, 2.75) is 45.3 Å². The highest BCUT2D eigenvalue weighted by molar-refractivity contribution is 5.88. The van der Waals surface area contributed by atoms with Crippen molar-refractivity contribution in [3.8, 4) is 28.3 Å². The zero-order chi connectivity index (χ0) is 25.3. The highest BCUT2D eigenvalue weighted by atomic mass is 16.6. The highest BCUT2D eigenvalue weighted by Gasteiger charge is 2.19. The smallest absolute Gasteiger partial charge is 0.413 e. The van der Waals surface area contributed by atoms with Gasteiger partial charge in [0.2, 0.25) is 0 Å². The zero-order valence-electron chi connectivity index (χ0n) is 20.4. The molecule has 4 aromatic heterocycles. The second-order valence-electron chi connectivity index (χ2n) is 9.72. The number of anilines is 1. The average molecular weight is 486 g/mol. The largest absolute Gasteiger partial charge is 0.444 e. The number of fused-ring (bicyclic) bond motifs is 1. The summed E-state index contributed by atoms with van der Waals surface area (Å²) in [6, 6.07) is 8.10. The molecule has 0 unspecified atom stereocenters. The number of carbonyl (C=O) groups is 1. The van der Waals surface area contributed by atoms with Crippen molar-refractivity contribution in [1.29, 1.82) is 5.26 Å². The van der Waals surface area contributed by atoms with E-state index in [0.717, 1.165) is 48.3 Å². The van der Waals surface area contributed by atoms with Gasteiger partial charge in [0, 0.05) is 54.1 Å². The Morgan fingerprint density at radius 2 is 1.92 bits per heavy atom. The molecule has 0 bridgehead atoms. The number of nitrogens with one attached hydrogen (secondary N) is 1. The Balaban J connectivity index is 1.49. The average Bonchev–Trinajstić information content (AvgIpc) is 3.51. The van der Waals surface area contributed by atoms with Crippen molar-refractivity contribution < 1.29 is 14.3 Å². The quantitative estimate of drug-likeness (QED) is 0.440. The van der Waals surface area contributed by atoms with Gasteiger partial charge in [-0.25, -0.2) is 14.3 Å². The molecule has 0 radical (unpaired) electrons. The molecule has 0 spiro atoms. The van der Waals surface area contributed by atoms with Gasteiger partial charge in [-0.15, -0.1) is 0 Å². The number of nitrogens with zero attached hydrogens (tertiary/aromatic N) is 6. The zero-order valence-corrected chi connectivity index (χ0v) is 20.4. The molecular weight excluding hydrogens is 458 g/mol. The molecule has 1 amide bonds. The van der Waals surface area contributed by atoms with Crippen LogP contribution in [-0.4, -0.2) is 49.3 Å². The fourth-order valence-corrected chi connectivity index (χ4v) is 4.25. The molecule has 1 fully saturated rings. The molecule has 1 N–H and O–H groups in total. The lowest BCUT2D eigenvalue weighted by molar-refractivity contribution is 0.0635. The first-order valence-corrected chi connectivity index (χ1v) is 11.8. The maximum Gasteiger partial charge on any atom is 0.413 e. The molecule has 1 saturated heterocycles. The molecule has 10 nitrogen and oxygen atoms in total. The SMILES string of the molecule is CC(C)(C)OC(=O)Nc1ccc(-c2cc(-c3cnn(C4CCOCC4)c3)cn3ncc(C#N)c23)cn1. The lowest BCUT2D eigenvalue weighted by atomic mass is 10.0. The third-order valence-electron chi connectivity index (χ3n) is 5.94. The molecule has 5 rings (SSSR count). The Morgan fingerprint density at radius 3 is 2.61 bits per heavy atom. The molecule has 184 valence electrons. The molecule has 10 heteroatoms. The van der Waals surface area contributed by atoms with Gasteiger partial charge in [0.1, 0.15) is 17.5 Å². The van der Waals surface area contributed by atoms with E-state index < -0.39 is 11.7 Å². The van der Waals surface area contributed by atoms with E-state index in [4.69, 9.17) is 9.47 Å². The molecule has 5 heterocycles. The van der Waals surface area contributed by atoms with Crippen LogP contribution in [0.4, 0.5) is 10.6 Å². The van der Waals surface area contributed by atoms with E-state index in [0.29, 0.717) is 22.9 Å². The Hall–Kier alpha value is -4.23. The summed E-state index contributed by atoms with van der Waals surface area (Å²) in [6.07, 6.45) is 10.3. The van der Waals surface area contributed by atoms with Crippen LogP contribution in [0.2, 0.25) is 0 Å². The van der Waals surface area contributed by atoms with E-state index in [1.54, 1.807) is 43.7 Å². The number of carbonyl (C=O) groups excluding carboxylic acids is 1. The first-order chi connectivity index (χ1) is 17.3. The van der Waals surface area contributed by atoms with Gasteiger partial charge >= 0.3 is 6.09 Å². The fraction of sp³-hybridized carbons (Fsp3) is 0.346.